The lowest BCUT2D eigenvalue weighted by Crippen LogP contribution is -2.25. The monoisotopic (exact) mass is 213 g/mol. The summed E-state index contributed by atoms with van der Waals surface area (Å²) in [6, 6.07) is 0.315. The van der Waals surface area contributed by atoms with Gasteiger partial charge in [0.1, 0.15) is 6.26 Å². The van der Waals surface area contributed by atoms with Gasteiger partial charge in [-0.25, -0.2) is 4.79 Å². The van der Waals surface area contributed by atoms with Gasteiger partial charge in [-0.15, -0.1) is 0 Å². The minimum absolute atomic E-state index is 0.0405. The third kappa shape index (κ3) is 3.25. The quantitative estimate of drug-likeness (QED) is 0.696. The minimum atomic E-state index is -0.491. The number of aromatic nitrogens is 1. The van der Waals surface area contributed by atoms with Crippen LogP contribution in [0.5, 0.6) is 0 Å². The van der Waals surface area contributed by atoms with E-state index in [-0.39, 0.29) is 17.8 Å². The van der Waals surface area contributed by atoms with Gasteiger partial charge in [0.15, 0.2) is 5.69 Å². The summed E-state index contributed by atoms with van der Waals surface area (Å²) in [5.74, 6) is -0.491. The maximum Gasteiger partial charge on any atom is 0.360 e. The summed E-state index contributed by atoms with van der Waals surface area (Å²) in [5, 5.41) is 2.90. The van der Waals surface area contributed by atoms with Crippen LogP contribution in [-0.4, -0.2) is 30.1 Å². The Labute approximate surface area is 87.8 Å². The van der Waals surface area contributed by atoms with E-state index in [0.29, 0.717) is 13.2 Å². The summed E-state index contributed by atoms with van der Waals surface area (Å²) >= 11 is 0. The minimum Gasteiger partial charge on any atom is -0.461 e. The zero-order chi connectivity index (χ0) is 11.3. The Hall–Kier alpha value is -1.56. The van der Waals surface area contributed by atoms with Crippen LogP contribution >= 0.6 is 0 Å². The molecule has 6 heteroatoms. The molecule has 0 aliphatic carbocycles. The molecule has 0 saturated heterocycles. The molecule has 15 heavy (non-hydrogen) atoms. The smallest absolute Gasteiger partial charge is 0.360 e. The van der Waals surface area contributed by atoms with Gasteiger partial charge in [0.05, 0.1) is 6.61 Å². The molecule has 6 nitrogen and oxygen atoms in total. The zero-order valence-corrected chi connectivity index (χ0v) is 8.82. The number of oxazole rings is 1. The van der Waals surface area contributed by atoms with Crippen LogP contribution in [0.1, 0.15) is 24.3 Å². The van der Waals surface area contributed by atoms with E-state index in [1.165, 1.54) is 6.26 Å². The fraction of sp³-hybridized carbons (Fsp3) is 0.556. The second kappa shape index (κ2) is 5.35. The molecule has 0 aliphatic heterocycles. The number of nitrogens with zero attached hydrogens (tertiary/aromatic N) is 1. The lowest BCUT2D eigenvalue weighted by molar-refractivity contribution is 0.0519. The maximum atomic E-state index is 11.2. The van der Waals surface area contributed by atoms with E-state index in [9.17, 15) is 4.79 Å². The zero-order valence-electron chi connectivity index (χ0n) is 8.82. The molecule has 1 aromatic heterocycles. The lowest BCUT2D eigenvalue weighted by atomic mass is 10.3. The standard InChI is InChI=1S/C9H15N3O3/c1-3-14-8(13)7-5-15-9(12-7)11-6(2)4-10/h5-6H,3-4,10H2,1-2H3,(H,11,12). The van der Waals surface area contributed by atoms with Crippen molar-refractivity contribution in [3.63, 3.8) is 0 Å². The average Bonchev–Trinajstić information content (AvgIpc) is 2.66. The van der Waals surface area contributed by atoms with Crippen molar-refractivity contribution < 1.29 is 13.9 Å². The first-order valence-corrected chi connectivity index (χ1v) is 4.76. The molecule has 0 aromatic carbocycles. The van der Waals surface area contributed by atoms with Gasteiger partial charge in [-0.3, -0.25) is 0 Å². The van der Waals surface area contributed by atoms with Crippen LogP contribution in [0.2, 0.25) is 0 Å². The Bertz CT molecular complexity index is 324. The fourth-order valence-corrected chi connectivity index (χ4v) is 0.909. The number of hydrogen-bond donors (Lipinski definition) is 2. The van der Waals surface area contributed by atoms with E-state index in [4.69, 9.17) is 14.9 Å². The van der Waals surface area contributed by atoms with Crippen LogP contribution in [0.15, 0.2) is 10.7 Å². The topological polar surface area (TPSA) is 90.4 Å². The molecule has 1 unspecified atom stereocenters. The molecule has 84 valence electrons. The number of ether oxygens (including phenoxy) is 1. The highest BCUT2D eigenvalue weighted by Crippen LogP contribution is 2.09. The predicted molar refractivity (Wildman–Crippen MR) is 54.6 cm³/mol. The van der Waals surface area contributed by atoms with Gasteiger partial charge in [0.25, 0.3) is 6.01 Å². The number of nitrogens with two attached hydrogens (primary N) is 1. The van der Waals surface area contributed by atoms with Crippen LogP contribution in [0.3, 0.4) is 0 Å². The van der Waals surface area contributed by atoms with E-state index in [0.717, 1.165) is 0 Å². The molecular formula is C9H15N3O3. The van der Waals surface area contributed by atoms with Crippen LogP contribution in [-0.2, 0) is 4.74 Å². The number of carbonyl (C=O) groups is 1. The van der Waals surface area contributed by atoms with Crippen molar-refractivity contribution in [1.29, 1.82) is 0 Å². The van der Waals surface area contributed by atoms with Gasteiger partial charge in [0, 0.05) is 12.6 Å². The van der Waals surface area contributed by atoms with Gasteiger partial charge >= 0.3 is 5.97 Å². The third-order valence-corrected chi connectivity index (χ3v) is 1.71. The number of nitrogens with one attached hydrogen (secondary N) is 1. The molecule has 0 spiro atoms. The van der Waals surface area contributed by atoms with Crippen LogP contribution in [0.4, 0.5) is 6.01 Å². The van der Waals surface area contributed by atoms with Crippen molar-refractivity contribution in [3.05, 3.63) is 12.0 Å². The Morgan fingerprint density at radius 1 is 1.80 bits per heavy atom. The normalized spacial score (nSPS) is 12.2. The molecular weight excluding hydrogens is 198 g/mol. The highest BCUT2D eigenvalue weighted by Gasteiger charge is 2.13. The predicted octanol–water partition coefficient (Wildman–Crippen LogP) is 0.610. The van der Waals surface area contributed by atoms with Crippen molar-refractivity contribution in [2.45, 2.75) is 19.9 Å². The van der Waals surface area contributed by atoms with Crippen molar-refractivity contribution in [2.24, 2.45) is 5.73 Å². The highest BCUT2D eigenvalue weighted by atomic mass is 16.5. The van der Waals surface area contributed by atoms with Gasteiger partial charge in [-0.05, 0) is 13.8 Å². The number of anilines is 1. The molecule has 0 amide bonds. The summed E-state index contributed by atoms with van der Waals surface area (Å²) < 4.78 is 9.78. The molecule has 0 radical (unpaired) electrons. The fourth-order valence-electron chi connectivity index (χ4n) is 0.909. The SMILES string of the molecule is CCOC(=O)c1coc(NC(C)CN)n1. The summed E-state index contributed by atoms with van der Waals surface area (Å²) in [5.41, 5.74) is 5.57. The molecule has 0 saturated carbocycles. The van der Waals surface area contributed by atoms with Gasteiger partial charge in [0.2, 0.25) is 0 Å². The Morgan fingerprint density at radius 3 is 3.13 bits per heavy atom. The number of esters is 1. The Balaban J connectivity index is 2.59. The van der Waals surface area contributed by atoms with E-state index in [1.807, 2.05) is 6.92 Å². The Morgan fingerprint density at radius 2 is 2.53 bits per heavy atom. The summed E-state index contributed by atoms with van der Waals surface area (Å²) in [6.07, 6.45) is 1.25. The molecule has 1 atom stereocenters. The summed E-state index contributed by atoms with van der Waals surface area (Å²) in [4.78, 5) is 15.1. The molecule has 0 bridgehead atoms. The molecule has 1 heterocycles. The third-order valence-electron chi connectivity index (χ3n) is 1.71. The average molecular weight is 213 g/mol. The number of rotatable bonds is 5. The maximum absolute atomic E-state index is 11.2. The molecule has 1 rings (SSSR count). The van der Waals surface area contributed by atoms with E-state index in [2.05, 4.69) is 10.3 Å². The first kappa shape index (κ1) is 11.5. The first-order valence-electron chi connectivity index (χ1n) is 4.76. The van der Waals surface area contributed by atoms with E-state index in [1.54, 1.807) is 6.92 Å². The van der Waals surface area contributed by atoms with Gasteiger partial charge in [-0.1, -0.05) is 0 Å². The van der Waals surface area contributed by atoms with Crippen molar-refractivity contribution in [2.75, 3.05) is 18.5 Å². The molecule has 3 N–H and O–H groups in total. The lowest BCUT2D eigenvalue weighted by Gasteiger charge is -2.07. The second-order valence-corrected chi connectivity index (χ2v) is 3.04. The Kier molecular flexibility index (Phi) is 4.11. The summed E-state index contributed by atoms with van der Waals surface area (Å²) in [7, 11) is 0. The van der Waals surface area contributed by atoms with Gasteiger partial charge < -0.3 is 20.2 Å². The van der Waals surface area contributed by atoms with Crippen LogP contribution in [0, 0.1) is 0 Å². The molecule has 1 aromatic rings. The molecule has 0 fully saturated rings. The summed E-state index contributed by atoms with van der Waals surface area (Å²) in [6.45, 7) is 4.38. The second-order valence-electron chi connectivity index (χ2n) is 3.04. The van der Waals surface area contributed by atoms with Crippen molar-refractivity contribution in [1.82, 2.24) is 4.98 Å². The van der Waals surface area contributed by atoms with E-state index >= 15 is 0 Å². The van der Waals surface area contributed by atoms with E-state index < -0.39 is 5.97 Å². The number of hydrogen-bond acceptors (Lipinski definition) is 6. The first-order chi connectivity index (χ1) is 7.17. The van der Waals surface area contributed by atoms with Crippen molar-refractivity contribution >= 4 is 12.0 Å². The van der Waals surface area contributed by atoms with Crippen LogP contribution < -0.4 is 11.1 Å². The molecule has 0 aliphatic rings. The van der Waals surface area contributed by atoms with Crippen molar-refractivity contribution in [3.8, 4) is 0 Å². The largest absolute Gasteiger partial charge is 0.461 e. The highest BCUT2D eigenvalue weighted by molar-refractivity contribution is 5.87. The number of carbonyl (C=O) groups excluding carboxylic acids is 1. The van der Waals surface area contributed by atoms with Gasteiger partial charge in [-0.2, -0.15) is 4.98 Å². The van der Waals surface area contributed by atoms with Crippen LogP contribution in [0.25, 0.3) is 0 Å².